The zero-order chi connectivity index (χ0) is 8.39. The van der Waals surface area contributed by atoms with Gasteiger partial charge in [-0.2, -0.15) is 12.1 Å². The van der Waals surface area contributed by atoms with Gasteiger partial charge in [0.15, 0.2) is 0 Å². The number of hydrogen-bond acceptors (Lipinski definition) is 0. The molecule has 0 aliphatic carbocycles. The first-order valence-electron chi connectivity index (χ1n) is 4.15. The summed E-state index contributed by atoms with van der Waals surface area (Å²) in [5.41, 5.74) is 3.91. The molecule has 0 fully saturated rings. The molecule has 0 unspecified atom stereocenters. The van der Waals surface area contributed by atoms with Gasteiger partial charge in [-0.05, 0) is 6.92 Å². The highest BCUT2D eigenvalue weighted by atomic mass is 14.0. The van der Waals surface area contributed by atoms with Crippen molar-refractivity contribution in [1.29, 1.82) is 0 Å². The minimum atomic E-state index is 1.30. The van der Waals surface area contributed by atoms with Crippen molar-refractivity contribution >= 4 is 0 Å². The first kappa shape index (κ1) is 7.23. The molecule has 12 heavy (non-hydrogen) atoms. The average molecular weight is 155 g/mol. The van der Waals surface area contributed by atoms with Crippen molar-refractivity contribution < 1.29 is 0 Å². The van der Waals surface area contributed by atoms with Crippen LogP contribution in [0.25, 0.3) is 11.1 Å². The molecule has 2 aromatic rings. The van der Waals surface area contributed by atoms with Gasteiger partial charge in [0, 0.05) is 0 Å². The van der Waals surface area contributed by atoms with Crippen LogP contribution in [0.3, 0.4) is 0 Å². The Labute approximate surface area is 72.8 Å². The lowest BCUT2D eigenvalue weighted by atomic mass is 10.1. The van der Waals surface area contributed by atoms with Crippen LogP contribution in [-0.2, 0) is 0 Å². The Morgan fingerprint density at radius 1 is 0.917 bits per heavy atom. The standard InChI is InChI=1S/C12H11/c1-10-6-8-12(9-7-10)11-4-2-3-5-11/h2-9H,1H3/q-1. The van der Waals surface area contributed by atoms with Crippen LogP contribution in [-0.4, -0.2) is 0 Å². The molecule has 0 atom stereocenters. The normalized spacial score (nSPS) is 10.1. The summed E-state index contributed by atoms with van der Waals surface area (Å²) >= 11 is 0. The summed E-state index contributed by atoms with van der Waals surface area (Å²) in [6.07, 6.45) is 0. The van der Waals surface area contributed by atoms with Crippen LogP contribution in [0.2, 0.25) is 0 Å². The SMILES string of the molecule is Cc1ccc(-[c-]2cccc2)cc1. The molecule has 2 rings (SSSR count). The molecule has 0 bridgehead atoms. The van der Waals surface area contributed by atoms with Gasteiger partial charge in [0.1, 0.15) is 0 Å². The summed E-state index contributed by atoms with van der Waals surface area (Å²) in [6.45, 7) is 2.11. The van der Waals surface area contributed by atoms with Crippen molar-refractivity contribution in [3.8, 4) is 11.1 Å². The van der Waals surface area contributed by atoms with Gasteiger partial charge in [0.2, 0.25) is 0 Å². The van der Waals surface area contributed by atoms with E-state index >= 15 is 0 Å². The maximum absolute atomic E-state index is 2.16. The maximum atomic E-state index is 2.16. The van der Waals surface area contributed by atoms with E-state index in [0.717, 1.165) is 0 Å². The van der Waals surface area contributed by atoms with Crippen molar-refractivity contribution in [1.82, 2.24) is 0 Å². The number of rotatable bonds is 1. The molecule has 0 heteroatoms. The molecule has 0 aromatic heterocycles. The van der Waals surface area contributed by atoms with Gasteiger partial charge in [0.05, 0.1) is 0 Å². The first-order valence-corrected chi connectivity index (χ1v) is 4.15. The molecule has 0 radical (unpaired) electrons. The Bertz CT molecular complexity index is 338. The summed E-state index contributed by atoms with van der Waals surface area (Å²) in [4.78, 5) is 0. The zero-order valence-electron chi connectivity index (χ0n) is 7.12. The lowest BCUT2D eigenvalue weighted by Gasteiger charge is -2.04. The molecule has 0 saturated carbocycles. The highest BCUT2D eigenvalue weighted by molar-refractivity contribution is 5.64. The number of hydrogen-bond donors (Lipinski definition) is 0. The molecule has 0 nitrogen and oxygen atoms in total. The smallest absolute Gasteiger partial charge is 0.0410 e. The number of aryl methyl sites for hydroxylation is 1. The van der Waals surface area contributed by atoms with Crippen LogP contribution in [0.4, 0.5) is 0 Å². The van der Waals surface area contributed by atoms with Crippen LogP contribution < -0.4 is 0 Å². The summed E-state index contributed by atoms with van der Waals surface area (Å²) in [6, 6.07) is 17.0. The molecule has 60 valence electrons. The van der Waals surface area contributed by atoms with E-state index in [9.17, 15) is 0 Å². The monoisotopic (exact) mass is 155 g/mol. The maximum Gasteiger partial charge on any atom is -0.0410 e. The van der Waals surface area contributed by atoms with Crippen molar-refractivity contribution in [3.63, 3.8) is 0 Å². The molecule has 0 amide bonds. The van der Waals surface area contributed by atoms with Gasteiger partial charge < -0.3 is 0 Å². The minimum Gasteiger partial charge on any atom is -0.152 e. The molecule has 0 spiro atoms. The third-order valence-electron chi connectivity index (χ3n) is 2.05. The summed E-state index contributed by atoms with van der Waals surface area (Å²) in [5, 5.41) is 0. The van der Waals surface area contributed by atoms with E-state index in [4.69, 9.17) is 0 Å². The highest BCUT2D eigenvalue weighted by Gasteiger charge is 1.87. The van der Waals surface area contributed by atoms with Crippen molar-refractivity contribution in [2.45, 2.75) is 6.92 Å². The summed E-state index contributed by atoms with van der Waals surface area (Å²) < 4.78 is 0. The van der Waals surface area contributed by atoms with Crippen LogP contribution in [0, 0.1) is 6.92 Å². The molecule has 2 aromatic carbocycles. The molecule has 0 heterocycles. The van der Waals surface area contributed by atoms with Gasteiger partial charge in [-0.25, -0.2) is 0 Å². The second-order valence-electron chi connectivity index (χ2n) is 3.04. The van der Waals surface area contributed by atoms with E-state index in [1.165, 1.54) is 16.7 Å². The fourth-order valence-electron chi connectivity index (χ4n) is 1.31. The predicted octanol–water partition coefficient (Wildman–Crippen LogP) is 3.38. The van der Waals surface area contributed by atoms with Crippen molar-refractivity contribution in [2.75, 3.05) is 0 Å². The molecule has 0 aliphatic heterocycles. The van der Waals surface area contributed by atoms with E-state index in [1.807, 2.05) is 0 Å². The van der Waals surface area contributed by atoms with Crippen molar-refractivity contribution in [3.05, 3.63) is 54.1 Å². The van der Waals surface area contributed by atoms with Gasteiger partial charge in [-0.3, -0.25) is 0 Å². The Balaban J connectivity index is 2.43. The van der Waals surface area contributed by atoms with Gasteiger partial charge in [0.25, 0.3) is 0 Å². The summed E-state index contributed by atoms with van der Waals surface area (Å²) in [7, 11) is 0. The third-order valence-corrected chi connectivity index (χ3v) is 2.05. The van der Waals surface area contributed by atoms with Crippen LogP contribution in [0.5, 0.6) is 0 Å². The predicted molar refractivity (Wildman–Crippen MR) is 52.2 cm³/mol. The third kappa shape index (κ3) is 1.28. The van der Waals surface area contributed by atoms with Crippen LogP contribution >= 0.6 is 0 Å². The summed E-state index contributed by atoms with van der Waals surface area (Å²) in [5.74, 6) is 0. The van der Waals surface area contributed by atoms with Crippen molar-refractivity contribution in [2.24, 2.45) is 0 Å². The zero-order valence-corrected chi connectivity index (χ0v) is 7.12. The lowest BCUT2D eigenvalue weighted by Crippen LogP contribution is -1.73. The van der Waals surface area contributed by atoms with Gasteiger partial charge in [-0.1, -0.05) is 23.3 Å². The Morgan fingerprint density at radius 2 is 1.50 bits per heavy atom. The van der Waals surface area contributed by atoms with E-state index < -0.39 is 0 Å². The van der Waals surface area contributed by atoms with Gasteiger partial charge >= 0.3 is 0 Å². The lowest BCUT2D eigenvalue weighted by molar-refractivity contribution is 1.47. The molecular weight excluding hydrogens is 144 g/mol. The highest BCUT2D eigenvalue weighted by Crippen LogP contribution is 2.19. The Morgan fingerprint density at radius 3 is 2.08 bits per heavy atom. The largest absolute Gasteiger partial charge is 0.152 e. The van der Waals surface area contributed by atoms with Crippen LogP contribution in [0.1, 0.15) is 5.56 Å². The molecule has 0 N–H and O–H groups in total. The fraction of sp³-hybridized carbons (Fsp3) is 0.0833. The topological polar surface area (TPSA) is 0 Å². The molecule has 0 aliphatic rings. The fourth-order valence-corrected chi connectivity index (χ4v) is 1.31. The molecule has 0 saturated heterocycles. The number of benzene rings is 1. The van der Waals surface area contributed by atoms with Gasteiger partial charge in [-0.15, -0.1) is 29.8 Å². The Hall–Kier alpha value is -1.43. The van der Waals surface area contributed by atoms with E-state index in [-0.39, 0.29) is 0 Å². The average Bonchev–Trinajstić information content (AvgIpc) is 2.58. The van der Waals surface area contributed by atoms with E-state index in [0.29, 0.717) is 0 Å². The van der Waals surface area contributed by atoms with E-state index in [2.05, 4.69) is 55.5 Å². The van der Waals surface area contributed by atoms with Crippen LogP contribution in [0.15, 0.2) is 48.5 Å². The second-order valence-corrected chi connectivity index (χ2v) is 3.04. The minimum absolute atomic E-state index is 1.30. The van der Waals surface area contributed by atoms with E-state index in [1.54, 1.807) is 0 Å². The first-order chi connectivity index (χ1) is 5.86. The second kappa shape index (κ2) is 2.90. The Kier molecular flexibility index (Phi) is 1.75. The molecular formula is C12H11-. The quantitative estimate of drug-likeness (QED) is 0.554.